The first-order valence-corrected chi connectivity index (χ1v) is 7.28. The minimum absolute atomic E-state index is 0.364. The highest BCUT2D eigenvalue weighted by Crippen LogP contribution is 2.17. The molecular formula is C14H12FNO4S. The number of carbonyl (C=O) groups is 1. The van der Waals surface area contributed by atoms with Crippen LogP contribution in [0.4, 0.5) is 9.57 Å². The largest absolute Gasteiger partial charge is 0.497 e. The van der Waals surface area contributed by atoms with Gasteiger partial charge in [-0.15, -0.1) is 3.89 Å². The van der Waals surface area contributed by atoms with Crippen LogP contribution in [-0.4, -0.2) is 21.4 Å². The second kappa shape index (κ2) is 5.92. The van der Waals surface area contributed by atoms with Crippen molar-refractivity contribution in [2.75, 3.05) is 12.4 Å². The van der Waals surface area contributed by atoms with Crippen LogP contribution >= 0.6 is 0 Å². The van der Waals surface area contributed by atoms with Gasteiger partial charge < -0.3 is 10.1 Å². The Hall–Kier alpha value is -2.41. The predicted molar refractivity (Wildman–Crippen MR) is 75.7 cm³/mol. The SMILES string of the molecule is COc1ccc(C(=O)Nc2ccc(S(=O)(=O)F)cc2)cc1. The molecule has 1 amide bonds. The molecule has 2 aromatic rings. The third-order valence-corrected chi connectivity index (χ3v) is 3.58. The molecule has 0 radical (unpaired) electrons. The van der Waals surface area contributed by atoms with E-state index in [2.05, 4.69) is 5.32 Å². The van der Waals surface area contributed by atoms with Crippen LogP contribution in [0.5, 0.6) is 5.75 Å². The number of methoxy groups -OCH3 is 1. The number of nitrogens with one attached hydrogen (secondary N) is 1. The maximum Gasteiger partial charge on any atom is 0.332 e. The zero-order valence-corrected chi connectivity index (χ0v) is 11.9. The van der Waals surface area contributed by atoms with Gasteiger partial charge in [-0.2, -0.15) is 8.42 Å². The van der Waals surface area contributed by atoms with Gasteiger partial charge in [0.2, 0.25) is 0 Å². The zero-order chi connectivity index (χ0) is 15.5. The molecule has 0 heterocycles. The Kier molecular flexibility index (Phi) is 4.23. The summed E-state index contributed by atoms with van der Waals surface area (Å²) in [6, 6.07) is 11.3. The zero-order valence-electron chi connectivity index (χ0n) is 11.0. The van der Waals surface area contributed by atoms with Crippen LogP contribution in [0.3, 0.4) is 0 Å². The van der Waals surface area contributed by atoms with E-state index in [0.29, 0.717) is 17.0 Å². The molecular weight excluding hydrogens is 297 g/mol. The van der Waals surface area contributed by atoms with Crippen molar-refractivity contribution in [1.82, 2.24) is 0 Å². The molecule has 2 rings (SSSR count). The summed E-state index contributed by atoms with van der Waals surface area (Å²) in [5.74, 6) is 0.262. The maximum absolute atomic E-state index is 12.7. The van der Waals surface area contributed by atoms with E-state index in [-0.39, 0.29) is 5.91 Å². The van der Waals surface area contributed by atoms with E-state index in [1.165, 1.54) is 19.2 Å². The summed E-state index contributed by atoms with van der Waals surface area (Å²) in [5.41, 5.74) is 0.779. The van der Waals surface area contributed by atoms with Gasteiger partial charge in [0, 0.05) is 11.3 Å². The van der Waals surface area contributed by atoms with E-state index in [4.69, 9.17) is 4.74 Å². The number of carbonyl (C=O) groups excluding carboxylic acids is 1. The topological polar surface area (TPSA) is 72.5 Å². The average molecular weight is 309 g/mol. The van der Waals surface area contributed by atoms with Gasteiger partial charge in [0.05, 0.1) is 12.0 Å². The fraction of sp³-hybridized carbons (Fsp3) is 0.0714. The fourth-order valence-electron chi connectivity index (χ4n) is 1.65. The molecule has 5 nitrogen and oxygen atoms in total. The van der Waals surface area contributed by atoms with E-state index in [1.807, 2.05) is 0 Å². The normalized spacial score (nSPS) is 11.0. The molecule has 21 heavy (non-hydrogen) atoms. The fourth-order valence-corrected chi connectivity index (χ4v) is 2.11. The van der Waals surface area contributed by atoms with E-state index >= 15 is 0 Å². The Bertz CT molecular complexity index is 740. The van der Waals surface area contributed by atoms with Gasteiger partial charge >= 0.3 is 10.2 Å². The monoisotopic (exact) mass is 309 g/mol. The summed E-state index contributed by atoms with van der Waals surface area (Å²) >= 11 is 0. The molecule has 0 aliphatic rings. The van der Waals surface area contributed by atoms with Crippen LogP contribution in [0.1, 0.15) is 10.4 Å². The standard InChI is InChI=1S/C14H12FNO4S/c1-20-12-6-2-10(3-7-12)14(17)16-11-4-8-13(9-5-11)21(15,18)19/h2-9H,1H3,(H,16,17). The molecule has 0 fully saturated rings. The maximum atomic E-state index is 12.7. The lowest BCUT2D eigenvalue weighted by Crippen LogP contribution is -2.11. The van der Waals surface area contributed by atoms with Crippen molar-refractivity contribution in [3.63, 3.8) is 0 Å². The highest BCUT2D eigenvalue weighted by atomic mass is 32.3. The number of benzene rings is 2. The van der Waals surface area contributed by atoms with Gasteiger partial charge in [-0.1, -0.05) is 0 Å². The second-order valence-corrected chi connectivity index (χ2v) is 5.49. The molecule has 110 valence electrons. The van der Waals surface area contributed by atoms with E-state index in [9.17, 15) is 17.1 Å². The first-order valence-electron chi connectivity index (χ1n) is 5.90. The summed E-state index contributed by atoms with van der Waals surface area (Å²) in [7, 11) is -3.21. The van der Waals surface area contributed by atoms with Crippen LogP contribution in [0, 0.1) is 0 Å². The highest BCUT2D eigenvalue weighted by molar-refractivity contribution is 7.86. The number of anilines is 1. The first kappa shape index (κ1) is 15.0. The van der Waals surface area contributed by atoms with Crippen molar-refractivity contribution in [3.05, 3.63) is 54.1 Å². The molecule has 0 aliphatic heterocycles. The van der Waals surface area contributed by atoms with Gasteiger partial charge in [-0.05, 0) is 48.5 Å². The van der Waals surface area contributed by atoms with Crippen LogP contribution in [0.2, 0.25) is 0 Å². The lowest BCUT2D eigenvalue weighted by Gasteiger charge is -2.06. The third-order valence-electron chi connectivity index (χ3n) is 2.75. The Morgan fingerprint density at radius 2 is 1.62 bits per heavy atom. The Labute approximate surface area is 121 Å². The summed E-state index contributed by atoms with van der Waals surface area (Å²) in [4.78, 5) is 11.5. The molecule has 1 N–H and O–H groups in total. The van der Waals surface area contributed by atoms with Crippen molar-refractivity contribution in [1.29, 1.82) is 0 Å². The summed E-state index contributed by atoms with van der Waals surface area (Å²) in [6.07, 6.45) is 0. The average Bonchev–Trinajstić information content (AvgIpc) is 2.47. The quantitative estimate of drug-likeness (QED) is 0.881. The Balaban J connectivity index is 2.12. The summed E-state index contributed by atoms with van der Waals surface area (Å²) in [6.45, 7) is 0. The molecule has 0 bridgehead atoms. The number of ether oxygens (including phenoxy) is 1. The Morgan fingerprint density at radius 1 is 1.05 bits per heavy atom. The van der Waals surface area contributed by atoms with Gasteiger partial charge in [0.15, 0.2) is 0 Å². The van der Waals surface area contributed by atoms with Crippen molar-refractivity contribution in [3.8, 4) is 5.75 Å². The third kappa shape index (κ3) is 3.79. The number of amides is 1. The molecule has 0 atom stereocenters. The number of hydrogen-bond donors (Lipinski definition) is 1. The first-order chi connectivity index (χ1) is 9.90. The van der Waals surface area contributed by atoms with Gasteiger partial charge in [-0.25, -0.2) is 0 Å². The van der Waals surface area contributed by atoms with Crippen molar-refractivity contribution in [2.24, 2.45) is 0 Å². The molecule has 0 aromatic heterocycles. The molecule has 0 spiro atoms. The number of rotatable bonds is 4. The summed E-state index contributed by atoms with van der Waals surface area (Å²) < 4.78 is 39.1. The van der Waals surface area contributed by atoms with E-state index in [1.54, 1.807) is 24.3 Å². The van der Waals surface area contributed by atoms with Crippen LogP contribution in [-0.2, 0) is 10.2 Å². The number of hydrogen-bond acceptors (Lipinski definition) is 4. The van der Waals surface area contributed by atoms with Gasteiger partial charge in [0.1, 0.15) is 5.75 Å². The van der Waals surface area contributed by atoms with Crippen molar-refractivity contribution in [2.45, 2.75) is 4.90 Å². The van der Waals surface area contributed by atoms with Gasteiger partial charge in [0.25, 0.3) is 5.91 Å². The second-order valence-electron chi connectivity index (χ2n) is 4.14. The number of halogens is 1. The summed E-state index contributed by atoms with van der Waals surface area (Å²) in [5, 5.41) is 2.58. The lowest BCUT2D eigenvalue weighted by atomic mass is 10.2. The van der Waals surface area contributed by atoms with Crippen molar-refractivity contribution >= 4 is 21.8 Å². The molecule has 7 heteroatoms. The smallest absolute Gasteiger partial charge is 0.332 e. The van der Waals surface area contributed by atoms with Crippen LogP contribution in [0.15, 0.2) is 53.4 Å². The molecule has 0 saturated carbocycles. The van der Waals surface area contributed by atoms with Crippen molar-refractivity contribution < 1.29 is 21.8 Å². The van der Waals surface area contributed by atoms with Gasteiger partial charge in [-0.3, -0.25) is 4.79 Å². The molecule has 0 unspecified atom stereocenters. The minimum atomic E-state index is -4.73. The minimum Gasteiger partial charge on any atom is -0.497 e. The van der Waals surface area contributed by atoms with E-state index < -0.39 is 15.1 Å². The molecule has 0 saturated heterocycles. The van der Waals surface area contributed by atoms with Crippen LogP contribution in [0.25, 0.3) is 0 Å². The lowest BCUT2D eigenvalue weighted by molar-refractivity contribution is 0.102. The highest BCUT2D eigenvalue weighted by Gasteiger charge is 2.12. The molecule has 2 aromatic carbocycles. The van der Waals surface area contributed by atoms with Crippen LogP contribution < -0.4 is 10.1 Å². The molecule has 0 aliphatic carbocycles. The van der Waals surface area contributed by atoms with E-state index in [0.717, 1.165) is 12.1 Å². The Morgan fingerprint density at radius 3 is 2.10 bits per heavy atom. The predicted octanol–water partition coefficient (Wildman–Crippen LogP) is 2.61.